The Morgan fingerprint density at radius 3 is 2.36 bits per heavy atom. The molecule has 1 amide bonds. The van der Waals surface area contributed by atoms with Crippen LogP contribution in [-0.2, 0) is 4.79 Å². The second-order valence-corrected chi connectivity index (χ2v) is 2.82. The van der Waals surface area contributed by atoms with E-state index in [0.29, 0.717) is 4.90 Å². The van der Waals surface area contributed by atoms with Crippen LogP contribution in [0.2, 0.25) is 0 Å². The van der Waals surface area contributed by atoms with Crippen LogP contribution in [0, 0.1) is 17.2 Å². The van der Waals surface area contributed by atoms with Crippen LogP contribution in [0.5, 0.6) is 0 Å². The van der Waals surface area contributed by atoms with E-state index in [0.717, 1.165) is 0 Å². The van der Waals surface area contributed by atoms with Crippen LogP contribution in [0.15, 0.2) is 0 Å². The van der Waals surface area contributed by atoms with Crippen LogP contribution in [0.4, 0.5) is 13.2 Å². The lowest BCUT2D eigenvalue weighted by atomic mass is 10.2. The van der Waals surface area contributed by atoms with Crippen molar-refractivity contribution in [3.63, 3.8) is 0 Å². The van der Waals surface area contributed by atoms with E-state index >= 15 is 0 Å². The minimum Gasteiger partial charge on any atom is -0.333 e. The highest BCUT2D eigenvalue weighted by molar-refractivity contribution is 5.80. The Morgan fingerprint density at radius 2 is 2.07 bits per heavy atom. The Balaban J connectivity index is 4.44. The van der Waals surface area contributed by atoms with Crippen LogP contribution >= 0.6 is 0 Å². The Labute approximate surface area is 80.1 Å². The van der Waals surface area contributed by atoms with E-state index < -0.39 is 24.5 Å². The fraction of sp³-hybridized carbons (Fsp3) is 0.750. The van der Waals surface area contributed by atoms with Gasteiger partial charge in [-0.15, -0.1) is 0 Å². The summed E-state index contributed by atoms with van der Waals surface area (Å²) in [4.78, 5) is 11.8. The largest absolute Gasteiger partial charge is 0.406 e. The fourth-order valence-electron chi connectivity index (χ4n) is 0.891. The number of nitrogens with zero attached hydrogens (tertiary/aromatic N) is 2. The lowest BCUT2D eigenvalue weighted by molar-refractivity contribution is -0.162. The van der Waals surface area contributed by atoms with Gasteiger partial charge in [0.2, 0.25) is 5.91 Å². The molecule has 0 aliphatic carbocycles. The molecule has 1 unspecified atom stereocenters. The van der Waals surface area contributed by atoms with Gasteiger partial charge in [0.15, 0.2) is 0 Å². The van der Waals surface area contributed by atoms with E-state index in [1.165, 1.54) is 13.8 Å². The van der Waals surface area contributed by atoms with E-state index in [1.54, 1.807) is 6.07 Å². The molecule has 80 valence electrons. The van der Waals surface area contributed by atoms with E-state index in [9.17, 15) is 18.0 Å². The van der Waals surface area contributed by atoms with Gasteiger partial charge in [-0.05, 0) is 13.8 Å². The number of hydrogen-bond acceptors (Lipinski definition) is 2. The highest BCUT2D eigenvalue weighted by Crippen LogP contribution is 2.17. The number of hydrogen-bond donors (Lipinski definition) is 0. The Morgan fingerprint density at radius 1 is 1.57 bits per heavy atom. The van der Waals surface area contributed by atoms with Crippen LogP contribution in [0.1, 0.15) is 13.8 Å². The molecular weight excluding hydrogens is 197 g/mol. The number of nitriles is 1. The zero-order valence-corrected chi connectivity index (χ0v) is 7.93. The highest BCUT2D eigenvalue weighted by atomic mass is 19.4. The van der Waals surface area contributed by atoms with Gasteiger partial charge in [-0.2, -0.15) is 18.4 Å². The van der Waals surface area contributed by atoms with E-state index in [-0.39, 0.29) is 6.54 Å². The molecule has 0 aliphatic heterocycles. The Hall–Kier alpha value is -1.25. The molecule has 0 heterocycles. The lowest BCUT2D eigenvalue weighted by Gasteiger charge is -2.23. The molecule has 14 heavy (non-hydrogen) atoms. The van der Waals surface area contributed by atoms with Crippen molar-refractivity contribution in [1.29, 1.82) is 5.26 Å². The minimum absolute atomic E-state index is 0.0512. The van der Waals surface area contributed by atoms with Gasteiger partial charge in [0, 0.05) is 6.54 Å². The molecule has 6 heteroatoms. The van der Waals surface area contributed by atoms with Gasteiger partial charge >= 0.3 is 6.18 Å². The number of rotatable bonds is 3. The molecule has 0 aliphatic rings. The van der Waals surface area contributed by atoms with Crippen molar-refractivity contribution in [1.82, 2.24) is 4.90 Å². The number of carbonyl (C=O) groups excluding carboxylic acids is 1. The molecule has 0 aromatic heterocycles. The maximum atomic E-state index is 11.9. The predicted molar refractivity (Wildman–Crippen MR) is 43.1 cm³/mol. The van der Waals surface area contributed by atoms with Gasteiger partial charge in [-0.25, -0.2) is 0 Å². The lowest BCUT2D eigenvalue weighted by Crippen LogP contribution is -2.41. The van der Waals surface area contributed by atoms with Crippen LogP contribution in [0.3, 0.4) is 0 Å². The zero-order valence-electron chi connectivity index (χ0n) is 7.93. The third-order valence-corrected chi connectivity index (χ3v) is 1.63. The molecular formula is C8H11F3N2O. The first-order valence-electron chi connectivity index (χ1n) is 4.07. The summed E-state index contributed by atoms with van der Waals surface area (Å²) in [6.07, 6.45) is -4.42. The maximum Gasteiger partial charge on any atom is 0.406 e. The van der Waals surface area contributed by atoms with E-state index in [1.807, 2.05) is 0 Å². The molecule has 0 aromatic carbocycles. The van der Waals surface area contributed by atoms with Crippen molar-refractivity contribution >= 4 is 5.91 Å². The summed E-state index contributed by atoms with van der Waals surface area (Å²) in [5.74, 6) is -1.82. The summed E-state index contributed by atoms with van der Waals surface area (Å²) < 4.78 is 35.8. The van der Waals surface area contributed by atoms with E-state index in [4.69, 9.17) is 5.26 Å². The Bertz CT molecular complexity index is 244. The first-order valence-corrected chi connectivity index (χ1v) is 4.07. The normalized spacial score (nSPS) is 13.1. The van der Waals surface area contributed by atoms with Crippen LogP contribution in [0.25, 0.3) is 0 Å². The minimum atomic E-state index is -4.42. The smallest absolute Gasteiger partial charge is 0.333 e. The summed E-state index contributed by atoms with van der Waals surface area (Å²) in [6.45, 7) is 1.37. The summed E-state index contributed by atoms with van der Waals surface area (Å²) in [7, 11) is 0. The summed E-state index contributed by atoms with van der Waals surface area (Å²) in [5.41, 5.74) is 0. The SMILES string of the molecule is CCN(CC(F)(F)F)C(=O)C(C)C#N. The standard InChI is InChI=1S/C8H11F3N2O/c1-3-13(5-8(9,10)11)7(14)6(2)4-12/h6H,3,5H2,1-2H3. The molecule has 0 fully saturated rings. The number of carbonyl (C=O) groups is 1. The van der Waals surface area contributed by atoms with Crippen LogP contribution < -0.4 is 0 Å². The quantitative estimate of drug-likeness (QED) is 0.706. The van der Waals surface area contributed by atoms with Crippen molar-refractivity contribution in [2.45, 2.75) is 20.0 Å². The van der Waals surface area contributed by atoms with Crippen molar-refractivity contribution in [3.8, 4) is 6.07 Å². The second kappa shape index (κ2) is 4.84. The molecule has 0 rings (SSSR count). The van der Waals surface area contributed by atoms with Crippen molar-refractivity contribution in [3.05, 3.63) is 0 Å². The number of alkyl halides is 3. The fourth-order valence-corrected chi connectivity index (χ4v) is 0.891. The Kier molecular flexibility index (Phi) is 4.41. The first kappa shape index (κ1) is 12.8. The molecule has 0 aromatic rings. The average Bonchev–Trinajstić information content (AvgIpc) is 2.10. The molecule has 3 nitrogen and oxygen atoms in total. The molecule has 1 atom stereocenters. The van der Waals surface area contributed by atoms with Gasteiger partial charge in [0.25, 0.3) is 0 Å². The van der Waals surface area contributed by atoms with Gasteiger partial charge in [-0.3, -0.25) is 4.79 Å². The van der Waals surface area contributed by atoms with Crippen LogP contribution in [-0.4, -0.2) is 30.1 Å². The van der Waals surface area contributed by atoms with Gasteiger partial charge < -0.3 is 4.90 Å². The second-order valence-electron chi connectivity index (χ2n) is 2.82. The molecule has 0 saturated carbocycles. The third kappa shape index (κ3) is 4.12. The first-order chi connectivity index (χ1) is 6.31. The topological polar surface area (TPSA) is 44.1 Å². The van der Waals surface area contributed by atoms with E-state index in [2.05, 4.69) is 0 Å². The molecule has 0 bridgehead atoms. The summed E-state index contributed by atoms with van der Waals surface area (Å²) in [6, 6.07) is 1.61. The maximum absolute atomic E-state index is 11.9. The number of halogens is 3. The molecule has 0 N–H and O–H groups in total. The van der Waals surface area contributed by atoms with Crippen molar-refractivity contribution in [2.75, 3.05) is 13.1 Å². The number of amides is 1. The molecule has 0 spiro atoms. The van der Waals surface area contributed by atoms with Gasteiger partial charge in [-0.1, -0.05) is 0 Å². The summed E-state index contributed by atoms with van der Waals surface area (Å²) in [5, 5.41) is 8.37. The highest BCUT2D eigenvalue weighted by Gasteiger charge is 2.33. The molecule has 0 radical (unpaired) electrons. The molecule has 0 saturated heterocycles. The average molecular weight is 208 g/mol. The van der Waals surface area contributed by atoms with Gasteiger partial charge in [0.05, 0.1) is 6.07 Å². The monoisotopic (exact) mass is 208 g/mol. The van der Waals surface area contributed by atoms with Crippen molar-refractivity contribution in [2.24, 2.45) is 5.92 Å². The third-order valence-electron chi connectivity index (χ3n) is 1.63. The zero-order chi connectivity index (χ0) is 11.4. The summed E-state index contributed by atoms with van der Waals surface area (Å²) >= 11 is 0. The predicted octanol–water partition coefficient (Wildman–Crippen LogP) is 1.56. The van der Waals surface area contributed by atoms with Gasteiger partial charge in [0.1, 0.15) is 12.5 Å². The van der Waals surface area contributed by atoms with Crippen molar-refractivity contribution < 1.29 is 18.0 Å².